The Labute approximate surface area is 114 Å². The predicted octanol–water partition coefficient (Wildman–Crippen LogP) is 3.79. The Bertz CT molecular complexity index is 382. The summed E-state index contributed by atoms with van der Waals surface area (Å²) in [6.45, 7) is 6.21. The molecule has 0 heterocycles. The molecular formula is C14H21ClFNO. The van der Waals surface area contributed by atoms with Crippen molar-refractivity contribution in [2.24, 2.45) is 0 Å². The standard InChI is InChI=1S/C12H15ClFNO.C2H6/c1-3-12(16)10(7-15-2)9-5-4-8(13)6-11(9)14;1-2/h4-6,10,15H,3,7H2,1-2H3;1-2H3. The van der Waals surface area contributed by atoms with Gasteiger partial charge in [0, 0.05) is 18.0 Å². The predicted molar refractivity (Wildman–Crippen MR) is 74.7 cm³/mol. The summed E-state index contributed by atoms with van der Waals surface area (Å²) in [4.78, 5) is 11.7. The van der Waals surface area contributed by atoms with E-state index >= 15 is 0 Å². The molecule has 1 unspecified atom stereocenters. The van der Waals surface area contributed by atoms with Crippen LogP contribution in [0.15, 0.2) is 18.2 Å². The van der Waals surface area contributed by atoms with Gasteiger partial charge in [0.15, 0.2) is 0 Å². The van der Waals surface area contributed by atoms with Crippen LogP contribution in [0.5, 0.6) is 0 Å². The largest absolute Gasteiger partial charge is 0.319 e. The molecule has 1 aromatic rings. The molecule has 0 radical (unpaired) electrons. The van der Waals surface area contributed by atoms with Crippen LogP contribution in [0.25, 0.3) is 0 Å². The van der Waals surface area contributed by atoms with Crippen LogP contribution in [0.1, 0.15) is 38.7 Å². The van der Waals surface area contributed by atoms with Gasteiger partial charge in [-0.25, -0.2) is 4.39 Å². The van der Waals surface area contributed by atoms with Crippen molar-refractivity contribution in [2.75, 3.05) is 13.6 Å². The van der Waals surface area contributed by atoms with Crippen molar-refractivity contribution in [3.63, 3.8) is 0 Å². The molecule has 0 aliphatic rings. The second kappa shape index (κ2) is 9.06. The molecule has 1 atom stereocenters. The Balaban J connectivity index is 0.00000137. The zero-order valence-corrected chi connectivity index (χ0v) is 12.1. The van der Waals surface area contributed by atoms with Crippen molar-refractivity contribution in [2.45, 2.75) is 33.1 Å². The first-order valence-corrected chi connectivity index (χ1v) is 6.60. The topological polar surface area (TPSA) is 29.1 Å². The average molecular weight is 274 g/mol. The van der Waals surface area contributed by atoms with Crippen LogP contribution in [0.4, 0.5) is 4.39 Å². The van der Waals surface area contributed by atoms with Crippen LogP contribution in [0, 0.1) is 5.82 Å². The number of hydrogen-bond donors (Lipinski definition) is 1. The van der Waals surface area contributed by atoms with Gasteiger partial charge in [-0.05, 0) is 24.7 Å². The van der Waals surface area contributed by atoms with E-state index in [2.05, 4.69) is 5.32 Å². The first kappa shape index (κ1) is 17.1. The summed E-state index contributed by atoms with van der Waals surface area (Å²) < 4.78 is 13.7. The van der Waals surface area contributed by atoms with Gasteiger partial charge < -0.3 is 5.32 Å². The molecule has 1 aromatic carbocycles. The fraction of sp³-hybridized carbons (Fsp3) is 0.500. The molecule has 102 valence electrons. The molecule has 18 heavy (non-hydrogen) atoms. The van der Waals surface area contributed by atoms with Crippen LogP contribution in [0.2, 0.25) is 5.02 Å². The third-order valence-electron chi connectivity index (χ3n) is 2.48. The van der Waals surface area contributed by atoms with Crippen molar-refractivity contribution >= 4 is 17.4 Å². The number of hydrogen-bond acceptors (Lipinski definition) is 2. The second-order valence-electron chi connectivity index (χ2n) is 3.60. The first-order valence-electron chi connectivity index (χ1n) is 6.22. The number of likely N-dealkylation sites (N-methyl/N-ethyl adjacent to an activating group) is 1. The highest BCUT2D eigenvalue weighted by Gasteiger charge is 2.21. The molecule has 2 nitrogen and oxygen atoms in total. The van der Waals surface area contributed by atoms with Crippen molar-refractivity contribution < 1.29 is 9.18 Å². The van der Waals surface area contributed by atoms with Gasteiger partial charge in [-0.15, -0.1) is 0 Å². The average Bonchev–Trinajstić information content (AvgIpc) is 2.38. The minimum atomic E-state index is -0.438. The third-order valence-corrected chi connectivity index (χ3v) is 2.72. The summed E-state index contributed by atoms with van der Waals surface area (Å²) >= 11 is 5.67. The van der Waals surface area contributed by atoms with Gasteiger partial charge in [-0.3, -0.25) is 4.79 Å². The minimum absolute atomic E-state index is 0.0237. The van der Waals surface area contributed by atoms with Gasteiger partial charge in [0.1, 0.15) is 11.6 Å². The van der Waals surface area contributed by atoms with E-state index in [0.29, 0.717) is 23.6 Å². The quantitative estimate of drug-likeness (QED) is 0.884. The number of ketones is 1. The van der Waals surface area contributed by atoms with Crippen LogP contribution in [0.3, 0.4) is 0 Å². The highest BCUT2D eigenvalue weighted by molar-refractivity contribution is 6.30. The van der Waals surface area contributed by atoms with E-state index < -0.39 is 11.7 Å². The van der Waals surface area contributed by atoms with Gasteiger partial charge in [0.05, 0.1) is 5.92 Å². The van der Waals surface area contributed by atoms with E-state index in [1.165, 1.54) is 6.07 Å². The van der Waals surface area contributed by atoms with E-state index in [1.807, 2.05) is 13.8 Å². The molecule has 1 rings (SSSR count). The smallest absolute Gasteiger partial charge is 0.141 e. The van der Waals surface area contributed by atoms with Crippen molar-refractivity contribution in [3.8, 4) is 0 Å². The number of carbonyl (C=O) groups excluding carboxylic acids is 1. The van der Waals surface area contributed by atoms with Crippen LogP contribution >= 0.6 is 11.6 Å². The fourth-order valence-electron chi connectivity index (χ4n) is 1.63. The van der Waals surface area contributed by atoms with E-state index in [9.17, 15) is 9.18 Å². The van der Waals surface area contributed by atoms with Crippen molar-refractivity contribution in [1.29, 1.82) is 0 Å². The van der Waals surface area contributed by atoms with Crippen LogP contribution in [-0.4, -0.2) is 19.4 Å². The van der Waals surface area contributed by atoms with E-state index in [0.717, 1.165) is 0 Å². The van der Waals surface area contributed by atoms with Gasteiger partial charge in [0.2, 0.25) is 0 Å². The zero-order valence-electron chi connectivity index (χ0n) is 11.4. The first-order chi connectivity index (χ1) is 8.60. The fourth-order valence-corrected chi connectivity index (χ4v) is 1.79. The lowest BCUT2D eigenvalue weighted by Gasteiger charge is -2.15. The number of nitrogens with one attached hydrogen (secondary N) is 1. The maximum absolute atomic E-state index is 13.7. The molecule has 0 bridgehead atoms. The Morgan fingerprint density at radius 3 is 2.50 bits per heavy atom. The monoisotopic (exact) mass is 273 g/mol. The summed E-state index contributed by atoms with van der Waals surface area (Å²) in [5.74, 6) is -0.836. The normalized spacial score (nSPS) is 11.4. The Morgan fingerprint density at radius 2 is 2.06 bits per heavy atom. The van der Waals surface area contributed by atoms with Crippen molar-refractivity contribution in [3.05, 3.63) is 34.6 Å². The molecule has 0 saturated heterocycles. The Kier molecular flexibility index (Phi) is 8.59. The van der Waals surface area contributed by atoms with E-state index in [4.69, 9.17) is 11.6 Å². The molecule has 1 N–H and O–H groups in total. The highest BCUT2D eigenvalue weighted by Crippen LogP contribution is 2.23. The zero-order chi connectivity index (χ0) is 14.1. The lowest BCUT2D eigenvalue weighted by molar-refractivity contribution is -0.120. The van der Waals surface area contributed by atoms with Crippen LogP contribution in [-0.2, 0) is 4.79 Å². The number of rotatable bonds is 5. The summed E-state index contributed by atoms with van der Waals surface area (Å²) in [6, 6.07) is 4.42. The third kappa shape index (κ3) is 4.75. The molecule has 0 aromatic heterocycles. The summed E-state index contributed by atoms with van der Waals surface area (Å²) in [5, 5.41) is 3.24. The number of Topliss-reactive ketones (excluding diaryl/α,β-unsaturated/α-hetero) is 1. The van der Waals surface area contributed by atoms with Gasteiger partial charge >= 0.3 is 0 Å². The molecule has 0 saturated carbocycles. The molecule has 0 fully saturated rings. The molecule has 4 heteroatoms. The molecule has 0 aliphatic carbocycles. The summed E-state index contributed by atoms with van der Waals surface area (Å²) in [7, 11) is 1.74. The molecule has 0 amide bonds. The number of halogens is 2. The van der Waals surface area contributed by atoms with Gasteiger partial charge in [-0.1, -0.05) is 38.4 Å². The SMILES string of the molecule is CC.CCC(=O)C(CNC)c1ccc(Cl)cc1F. The lowest BCUT2D eigenvalue weighted by Crippen LogP contribution is -2.24. The maximum atomic E-state index is 13.7. The lowest BCUT2D eigenvalue weighted by atomic mass is 9.93. The number of carbonyl (C=O) groups is 1. The minimum Gasteiger partial charge on any atom is -0.319 e. The van der Waals surface area contributed by atoms with Crippen molar-refractivity contribution in [1.82, 2.24) is 5.32 Å². The number of benzene rings is 1. The van der Waals surface area contributed by atoms with Gasteiger partial charge in [0.25, 0.3) is 0 Å². The molecular weight excluding hydrogens is 253 g/mol. The Morgan fingerprint density at radius 1 is 1.44 bits per heavy atom. The molecule has 0 spiro atoms. The van der Waals surface area contributed by atoms with E-state index in [-0.39, 0.29) is 5.78 Å². The van der Waals surface area contributed by atoms with Gasteiger partial charge in [-0.2, -0.15) is 0 Å². The van der Waals surface area contributed by atoms with E-state index in [1.54, 1.807) is 26.1 Å². The maximum Gasteiger partial charge on any atom is 0.141 e. The Hall–Kier alpha value is -0.930. The summed E-state index contributed by atoms with van der Waals surface area (Å²) in [5.41, 5.74) is 0.408. The highest BCUT2D eigenvalue weighted by atomic mass is 35.5. The summed E-state index contributed by atoms with van der Waals surface area (Å²) in [6.07, 6.45) is 0.397. The second-order valence-corrected chi connectivity index (χ2v) is 4.03. The van der Waals surface area contributed by atoms with Crippen LogP contribution < -0.4 is 5.32 Å². The molecule has 0 aliphatic heterocycles.